The number of carboxylic acid groups (broad SMARTS) is 1. The molecule has 0 bridgehead atoms. The first-order valence-electron chi connectivity index (χ1n) is 6.14. The van der Waals surface area contributed by atoms with Crippen molar-refractivity contribution in [1.82, 2.24) is 5.32 Å². The summed E-state index contributed by atoms with van der Waals surface area (Å²) < 4.78 is 45.1. The van der Waals surface area contributed by atoms with Gasteiger partial charge in [-0.2, -0.15) is 13.2 Å². The third kappa shape index (κ3) is 2.72. The van der Waals surface area contributed by atoms with E-state index in [1.807, 2.05) is 0 Å². The van der Waals surface area contributed by atoms with Gasteiger partial charge in [-0.15, -0.1) is 0 Å². The van der Waals surface area contributed by atoms with Crippen LogP contribution in [0.25, 0.3) is 0 Å². The van der Waals surface area contributed by atoms with Gasteiger partial charge in [0.05, 0.1) is 0 Å². The van der Waals surface area contributed by atoms with Gasteiger partial charge in [0.15, 0.2) is 0 Å². The van der Waals surface area contributed by atoms with Crippen LogP contribution in [0.15, 0.2) is 24.3 Å². The van der Waals surface area contributed by atoms with Crippen molar-refractivity contribution in [3.8, 4) is 5.75 Å². The van der Waals surface area contributed by atoms with Gasteiger partial charge >= 0.3 is 12.1 Å². The molecule has 1 aromatic carbocycles. The van der Waals surface area contributed by atoms with Crippen molar-refractivity contribution in [3.05, 3.63) is 29.8 Å². The predicted octanol–water partition coefficient (Wildman–Crippen LogP) is 2.45. The number of nitrogens with one attached hydrogen (secondary N) is 1. The number of rotatable bonds is 3. The molecule has 20 heavy (non-hydrogen) atoms. The molecule has 0 aliphatic carbocycles. The topological polar surface area (TPSA) is 58.6 Å². The zero-order valence-electron chi connectivity index (χ0n) is 10.5. The summed E-state index contributed by atoms with van der Waals surface area (Å²) in [5.74, 6) is -1.56. The number of halogens is 3. The third-order valence-corrected chi connectivity index (χ3v) is 3.35. The Balaban J connectivity index is 2.36. The van der Waals surface area contributed by atoms with Crippen molar-refractivity contribution in [2.24, 2.45) is 0 Å². The Morgan fingerprint density at radius 2 is 1.85 bits per heavy atom. The molecule has 1 aliphatic rings. The molecule has 1 aliphatic heterocycles. The maximum absolute atomic E-state index is 13.3. The van der Waals surface area contributed by atoms with Crippen molar-refractivity contribution in [2.75, 3.05) is 13.1 Å². The van der Waals surface area contributed by atoms with Gasteiger partial charge in [0.25, 0.3) is 0 Å². The monoisotopic (exact) mass is 289 g/mol. The maximum Gasteiger partial charge on any atom is 0.428 e. The summed E-state index contributed by atoms with van der Waals surface area (Å²) in [7, 11) is 0. The van der Waals surface area contributed by atoms with E-state index in [9.17, 15) is 18.0 Å². The van der Waals surface area contributed by atoms with E-state index in [0.29, 0.717) is 0 Å². The molecule has 7 heteroatoms. The highest BCUT2D eigenvalue weighted by molar-refractivity contribution is 5.90. The van der Waals surface area contributed by atoms with Crippen molar-refractivity contribution in [2.45, 2.75) is 24.6 Å². The normalized spacial score (nSPS) is 18.6. The van der Waals surface area contributed by atoms with Crippen LogP contribution < -0.4 is 10.1 Å². The second kappa shape index (κ2) is 5.32. The van der Waals surface area contributed by atoms with Gasteiger partial charge < -0.3 is 15.2 Å². The summed E-state index contributed by atoms with van der Waals surface area (Å²) in [5, 5.41) is 11.8. The van der Waals surface area contributed by atoms with Crippen LogP contribution in [0.4, 0.5) is 13.2 Å². The third-order valence-electron chi connectivity index (χ3n) is 3.35. The quantitative estimate of drug-likeness (QED) is 0.897. The standard InChI is InChI=1S/C13H14F3NO3/c14-13(15,16)12(5-7-17-8-6-12)20-10-4-2-1-3-9(10)11(18)19/h1-4,17H,5-8H2,(H,18,19). The summed E-state index contributed by atoms with van der Waals surface area (Å²) >= 11 is 0. The number of para-hydroxylation sites is 1. The first-order valence-corrected chi connectivity index (χ1v) is 6.14. The predicted molar refractivity (Wildman–Crippen MR) is 64.9 cm³/mol. The lowest BCUT2D eigenvalue weighted by Gasteiger charge is -2.39. The second-order valence-corrected chi connectivity index (χ2v) is 4.65. The second-order valence-electron chi connectivity index (χ2n) is 4.65. The molecule has 1 fully saturated rings. The molecule has 0 radical (unpaired) electrons. The van der Waals surface area contributed by atoms with Crippen molar-refractivity contribution in [3.63, 3.8) is 0 Å². The SMILES string of the molecule is O=C(O)c1ccccc1OC1(C(F)(F)F)CCNCC1. The highest BCUT2D eigenvalue weighted by Gasteiger charge is 2.57. The Hall–Kier alpha value is -1.76. The number of alkyl halides is 3. The molecule has 1 aromatic rings. The fourth-order valence-corrected chi connectivity index (χ4v) is 2.22. The highest BCUT2D eigenvalue weighted by Crippen LogP contribution is 2.41. The lowest BCUT2D eigenvalue weighted by molar-refractivity contribution is -0.256. The van der Waals surface area contributed by atoms with Crippen LogP contribution in [0.3, 0.4) is 0 Å². The van der Waals surface area contributed by atoms with Crippen LogP contribution in [0.2, 0.25) is 0 Å². The fourth-order valence-electron chi connectivity index (χ4n) is 2.22. The van der Waals surface area contributed by atoms with E-state index in [-0.39, 0.29) is 37.2 Å². The average molecular weight is 289 g/mol. The molecular weight excluding hydrogens is 275 g/mol. The van der Waals surface area contributed by atoms with Crippen molar-refractivity contribution >= 4 is 5.97 Å². The van der Waals surface area contributed by atoms with E-state index < -0.39 is 17.7 Å². The largest absolute Gasteiger partial charge is 0.478 e. The van der Waals surface area contributed by atoms with E-state index in [0.717, 1.165) is 0 Å². The fraction of sp³-hybridized carbons (Fsp3) is 0.462. The first-order chi connectivity index (χ1) is 9.36. The number of ether oxygens (including phenoxy) is 1. The van der Waals surface area contributed by atoms with Gasteiger partial charge in [0.2, 0.25) is 5.60 Å². The zero-order valence-corrected chi connectivity index (χ0v) is 10.5. The summed E-state index contributed by atoms with van der Waals surface area (Å²) in [5.41, 5.74) is -2.60. The maximum atomic E-state index is 13.3. The summed E-state index contributed by atoms with van der Waals surface area (Å²) in [6.07, 6.45) is -5.05. The van der Waals surface area contributed by atoms with E-state index in [1.165, 1.54) is 24.3 Å². The Bertz CT molecular complexity index is 496. The van der Waals surface area contributed by atoms with Crippen molar-refractivity contribution < 1.29 is 27.8 Å². The molecule has 0 unspecified atom stereocenters. The number of carboxylic acids is 1. The molecule has 0 spiro atoms. The van der Waals surface area contributed by atoms with Gasteiger partial charge in [-0.25, -0.2) is 4.79 Å². The molecular formula is C13H14F3NO3. The zero-order chi connectivity index (χ0) is 14.8. The molecule has 4 nitrogen and oxygen atoms in total. The first kappa shape index (κ1) is 14.6. The molecule has 110 valence electrons. The molecule has 1 saturated heterocycles. The van der Waals surface area contributed by atoms with E-state index in [4.69, 9.17) is 9.84 Å². The Kier molecular flexibility index (Phi) is 3.89. The Labute approximate surface area is 113 Å². The van der Waals surface area contributed by atoms with Crippen LogP contribution in [0.1, 0.15) is 23.2 Å². The van der Waals surface area contributed by atoms with E-state index in [1.54, 1.807) is 0 Å². The molecule has 0 amide bonds. The Morgan fingerprint density at radius 1 is 1.25 bits per heavy atom. The minimum Gasteiger partial charge on any atom is -0.478 e. The lowest BCUT2D eigenvalue weighted by Crippen LogP contribution is -2.56. The van der Waals surface area contributed by atoms with Gasteiger partial charge in [0, 0.05) is 12.8 Å². The van der Waals surface area contributed by atoms with Crippen molar-refractivity contribution in [1.29, 1.82) is 0 Å². The molecule has 0 atom stereocenters. The molecule has 1 heterocycles. The molecule has 0 aromatic heterocycles. The molecule has 2 N–H and O–H groups in total. The van der Waals surface area contributed by atoms with Gasteiger partial charge in [-0.1, -0.05) is 12.1 Å². The number of benzene rings is 1. The summed E-state index contributed by atoms with van der Waals surface area (Å²) in [6, 6.07) is 5.37. The Morgan fingerprint density at radius 3 is 2.40 bits per heavy atom. The van der Waals surface area contributed by atoms with Gasteiger partial charge in [-0.3, -0.25) is 0 Å². The number of piperidine rings is 1. The van der Waals surface area contributed by atoms with E-state index >= 15 is 0 Å². The minimum absolute atomic E-state index is 0.175. The van der Waals surface area contributed by atoms with Crippen LogP contribution >= 0.6 is 0 Å². The number of carbonyl (C=O) groups is 1. The van der Waals surface area contributed by atoms with Crippen LogP contribution in [0.5, 0.6) is 5.75 Å². The molecule has 0 saturated carbocycles. The number of hydrogen-bond acceptors (Lipinski definition) is 3. The summed E-state index contributed by atoms with van der Waals surface area (Å²) in [6.45, 7) is 0.351. The molecule has 2 rings (SSSR count). The van der Waals surface area contributed by atoms with Crippen LogP contribution in [-0.2, 0) is 0 Å². The van der Waals surface area contributed by atoms with Gasteiger partial charge in [0.1, 0.15) is 11.3 Å². The number of hydrogen-bond donors (Lipinski definition) is 2. The number of aromatic carboxylic acids is 1. The minimum atomic E-state index is -4.55. The van der Waals surface area contributed by atoms with Crippen LogP contribution in [0, 0.1) is 0 Å². The highest BCUT2D eigenvalue weighted by atomic mass is 19.4. The lowest BCUT2D eigenvalue weighted by atomic mass is 9.91. The van der Waals surface area contributed by atoms with Gasteiger partial charge in [-0.05, 0) is 25.2 Å². The summed E-state index contributed by atoms with van der Waals surface area (Å²) in [4.78, 5) is 11.0. The average Bonchev–Trinajstić information content (AvgIpc) is 2.39. The smallest absolute Gasteiger partial charge is 0.428 e. The van der Waals surface area contributed by atoms with Crippen LogP contribution in [-0.4, -0.2) is 35.9 Å². The van der Waals surface area contributed by atoms with E-state index in [2.05, 4.69) is 5.32 Å².